The zero-order valence-corrected chi connectivity index (χ0v) is 16.1. The monoisotopic (exact) mass is 431 g/mol. The number of nitrogens with zero attached hydrogens (tertiary/aromatic N) is 3. The summed E-state index contributed by atoms with van der Waals surface area (Å²) in [5.74, 6) is -0.473. The van der Waals surface area contributed by atoms with Crippen molar-refractivity contribution in [2.75, 3.05) is 5.32 Å². The smallest absolute Gasteiger partial charge is 0.263 e. The second-order valence-electron chi connectivity index (χ2n) is 6.28. The van der Waals surface area contributed by atoms with Crippen LogP contribution in [0.1, 0.15) is 23.1 Å². The van der Waals surface area contributed by atoms with Crippen LogP contribution in [0.3, 0.4) is 0 Å². The number of amides is 1. The number of hydrogen-bond acceptors (Lipinski definition) is 5. The Bertz CT molecular complexity index is 1230. The van der Waals surface area contributed by atoms with Crippen LogP contribution in [0.4, 0.5) is 14.5 Å². The molecule has 0 spiro atoms. The van der Waals surface area contributed by atoms with Crippen molar-refractivity contribution in [3.05, 3.63) is 71.5 Å². The van der Waals surface area contributed by atoms with E-state index in [-0.39, 0.29) is 33.8 Å². The molecule has 0 saturated carbocycles. The van der Waals surface area contributed by atoms with E-state index in [0.717, 1.165) is 0 Å². The van der Waals surface area contributed by atoms with Crippen LogP contribution < -0.4 is 10.5 Å². The molecule has 0 unspecified atom stereocenters. The topological polar surface area (TPSA) is 131 Å². The van der Waals surface area contributed by atoms with Crippen LogP contribution in [0.25, 0.3) is 5.69 Å². The third-order valence-corrected chi connectivity index (χ3v) is 5.05. The van der Waals surface area contributed by atoms with Gasteiger partial charge in [0.25, 0.3) is 6.43 Å². The molecule has 0 fully saturated rings. The molecule has 0 aliphatic rings. The summed E-state index contributed by atoms with van der Waals surface area (Å²) >= 11 is 0. The van der Waals surface area contributed by atoms with Crippen molar-refractivity contribution in [3.63, 3.8) is 0 Å². The Morgan fingerprint density at radius 2 is 1.93 bits per heavy atom. The van der Waals surface area contributed by atoms with Gasteiger partial charge >= 0.3 is 0 Å². The van der Waals surface area contributed by atoms with E-state index in [1.54, 1.807) is 0 Å². The van der Waals surface area contributed by atoms with Crippen LogP contribution in [0.5, 0.6) is 0 Å². The molecule has 0 atom stereocenters. The molecular formula is C19H15F2N5O3S. The van der Waals surface area contributed by atoms with E-state index in [9.17, 15) is 22.0 Å². The van der Waals surface area contributed by atoms with Gasteiger partial charge in [-0.15, -0.1) is 0 Å². The van der Waals surface area contributed by atoms with Crippen LogP contribution in [0.15, 0.2) is 59.8 Å². The number of alkyl halides is 2. The molecule has 0 radical (unpaired) electrons. The first-order valence-electron chi connectivity index (χ1n) is 8.46. The second kappa shape index (κ2) is 8.40. The van der Waals surface area contributed by atoms with E-state index in [4.69, 9.17) is 10.4 Å². The van der Waals surface area contributed by atoms with Crippen molar-refractivity contribution in [1.29, 1.82) is 5.26 Å². The fourth-order valence-electron chi connectivity index (χ4n) is 2.69. The number of sulfonamides is 1. The van der Waals surface area contributed by atoms with Gasteiger partial charge in [0.1, 0.15) is 11.0 Å². The zero-order valence-electron chi connectivity index (χ0n) is 15.3. The highest BCUT2D eigenvalue weighted by molar-refractivity contribution is 7.89. The summed E-state index contributed by atoms with van der Waals surface area (Å²) < 4.78 is 50.4. The SMILES string of the molecule is N#Cc1cnn(-c2ccc(NC(=O)Cc3ccc(C(F)F)cc3)cc2S(N)(=O)=O)c1. The summed E-state index contributed by atoms with van der Waals surface area (Å²) in [5.41, 5.74) is 0.876. The van der Waals surface area contributed by atoms with E-state index < -0.39 is 22.4 Å². The lowest BCUT2D eigenvalue weighted by molar-refractivity contribution is -0.115. The summed E-state index contributed by atoms with van der Waals surface area (Å²) in [5, 5.41) is 20.7. The minimum absolute atomic E-state index is 0.0966. The van der Waals surface area contributed by atoms with E-state index >= 15 is 0 Å². The fraction of sp³-hybridized carbons (Fsp3) is 0.105. The fourth-order valence-corrected chi connectivity index (χ4v) is 3.44. The minimum atomic E-state index is -4.18. The summed E-state index contributed by atoms with van der Waals surface area (Å²) in [6.45, 7) is 0. The normalized spacial score (nSPS) is 11.3. The number of carbonyl (C=O) groups is 1. The molecular weight excluding hydrogens is 416 g/mol. The lowest BCUT2D eigenvalue weighted by atomic mass is 10.1. The van der Waals surface area contributed by atoms with E-state index in [0.29, 0.717) is 5.56 Å². The third kappa shape index (κ3) is 4.86. The van der Waals surface area contributed by atoms with Gasteiger partial charge in [0, 0.05) is 17.4 Å². The van der Waals surface area contributed by atoms with Crippen molar-refractivity contribution in [2.24, 2.45) is 5.14 Å². The predicted molar refractivity (Wildman–Crippen MR) is 103 cm³/mol. The molecule has 30 heavy (non-hydrogen) atoms. The molecule has 0 aliphatic carbocycles. The Balaban J connectivity index is 1.82. The third-order valence-electron chi connectivity index (χ3n) is 4.10. The number of benzene rings is 2. The molecule has 3 rings (SSSR count). The number of nitrogens with two attached hydrogens (primary N) is 1. The number of anilines is 1. The van der Waals surface area contributed by atoms with Crippen molar-refractivity contribution >= 4 is 21.6 Å². The molecule has 0 aliphatic heterocycles. The minimum Gasteiger partial charge on any atom is -0.326 e. The van der Waals surface area contributed by atoms with Crippen molar-refractivity contribution < 1.29 is 22.0 Å². The van der Waals surface area contributed by atoms with Crippen LogP contribution in [-0.2, 0) is 21.2 Å². The number of rotatable bonds is 6. The van der Waals surface area contributed by atoms with E-state index in [1.807, 2.05) is 6.07 Å². The molecule has 1 aromatic heterocycles. The first-order chi connectivity index (χ1) is 14.2. The molecule has 3 N–H and O–H groups in total. The number of carbonyl (C=O) groups excluding carboxylic acids is 1. The maximum Gasteiger partial charge on any atom is 0.263 e. The van der Waals surface area contributed by atoms with Gasteiger partial charge in [0.15, 0.2) is 0 Å². The molecule has 8 nitrogen and oxygen atoms in total. The van der Waals surface area contributed by atoms with E-state index in [1.165, 1.54) is 59.5 Å². The number of hydrogen-bond donors (Lipinski definition) is 2. The number of aromatic nitrogens is 2. The van der Waals surface area contributed by atoms with Gasteiger partial charge in [-0.05, 0) is 23.8 Å². The molecule has 0 bridgehead atoms. The Kier molecular flexibility index (Phi) is 5.91. The number of halogens is 2. The van der Waals surface area contributed by atoms with Crippen LogP contribution in [0, 0.1) is 11.3 Å². The highest BCUT2D eigenvalue weighted by Crippen LogP contribution is 2.24. The number of nitrogens with one attached hydrogen (secondary N) is 1. The maximum atomic E-state index is 12.6. The molecule has 11 heteroatoms. The molecule has 154 valence electrons. The average Bonchev–Trinajstić information content (AvgIpc) is 3.16. The largest absolute Gasteiger partial charge is 0.326 e. The highest BCUT2D eigenvalue weighted by Gasteiger charge is 2.18. The Hall–Kier alpha value is -3.62. The van der Waals surface area contributed by atoms with Gasteiger partial charge in [-0.25, -0.2) is 27.0 Å². The number of nitriles is 1. The average molecular weight is 431 g/mol. The number of primary sulfonamides is 1. The van der Waals surface area contributed by atoms with Gasteiger partial charge < -0.3 is 5.32 Å². The second-order valence-corrected chi connectivity index (χ2v) is 7.81. The first-order valence-corrected chi connectivity index (χ1v) is 10.0. The van der Waals surface area contributed by atoms with Gasteiger partial charge in [-0.2, -0.15) is 10.4 Å². The van der Waals surface area contributed by atoms with Gasteiger partial charge in [0.05, 0.1) is 23.9 Å². The molecule has 3 aromatic rings. The van der Waals surface area contributed by atoms with Crippen molar-refractivity contribution in [2.45, 2.75) is 17.7 Å². The summed E-state index contributed by atoms with van der Waals surface area (Å²) in [7, 11) is -4.18. The van der Waals surface area contributed by atoms with Crippen LogP contribution in [-0.4, -0.2) is 24.1 Å². The zero-order chi connectivity index (χ0) is 21.9. The Labute approximate surface area is 170 Å². The van der Waals surface area contributed by atoms with Crippen molar-refractivity contribution in [1.82, 2.24) is 9.78 Å². The highest BCUT2D eigenvalue weighted by atomic mass is 32.2. The Morgan fingerprint density at radius 3 is 2.50 bits per heavy atom. The lowest BCUT2D eigenvalue weighted by Crippen LogP contribution is -2.18. The molecule has 1 heterocycles. The molecule has 2 aromatic carbocycles. The predicted octanol–water partition coefficient (Wildman–Crippen LogP) is 2.51. The Morgan fingerprint density at radius 1 is 1.23 bits per heavy atom. The van der Waals surface area contributed by atoms with Gasteiger partial charge in [-0.1, -0.05) is 24.3 Å². The standard InChI is InChI=1S/C19H15F2N5O3S/c20-19(21)14-3-1-12(2-4-14)7-18(27)25-15-5-6-16(17(8-15)30(23,28)29)26-11-13(9-22)10-24-26/h1-6,8,10-11,19H,7H2,(H,25,27)(H2,23,28,29). The van der Waals surface area contributed by atoms with Crippen molar-refractivity contribution in [3.8, 4) is 11.8 Å². The van der Waals surface area contributed by atoms with Gasteiger partial charge in [0.2, 0.25) is 15.9 Å². The molecule has 1 amide bonds. The van der Waals surface area contributed by atoms with Gasteiger partial charge in [-0.3, -0.25) is 4.79 Å². The molecule has 0 saturated heterocycles. The summed E-state index contributed by atoms with van der Waals surface area (Å²) in [6.07, 6.45) is -0.0875. The first kappa shape index (κ1) is 21.1. The lowest BCUT2D eigenvalue weighted by Gasteiger charge is -2.11. The summed E-state index contributed by atoms with van der Waals surface area (Å²) in [6, 6.07) is 11.2. The summed E-state index contributed by atoms with van der Waals surface area (Å²) in [4.78, 5) is 12.0. The quantitative estimate of drug-likeness (QED) is 0.619. The maximum absolute atomic E-state index is 12.6. The van der Waals surface area contributed by atoms with Crippen LogP contribution in [0.2, 0.25) is 0 Å². The van der Waals surface area contributed by atoms with E-state index in [2.05, 4.69) is 10.4 Å². The van der Waals surface area contributed by atoms with Crippen LogP contribution >= 0.6 is 0 Å².